The Balaban J connectivity index is 2.64. The maximum absolute atomic E-state index is 10.2. The molecule has 0 fully saturated rings. The predicted molar refractivity (Wildman–Crippen MR) is 55.2 cm³/mol. The summed E-state index contributed by atoms with van der Waals surface area (Å²) >= 11 is 0. The Morgan fingerprint density at radius 3 is 3.00 bits per heavy atom. The average molecular weight is 203 g/mol. The van der Waals surface area contributed by atoms with Crippen LogP contribution in [0.2, 0.25) is 0 Å². The van der Waals surface area contributed by atoms with Crippen molar-refractivity contribution < 1.29 is 14.6 Å². The molecule has 0 aliphatic heterocycles. The van der Waals surface area contributed by atoms with E-state index in [-0.39, 0.29) is 6.61 Å². The van der Waals surface area contributed by atoms with Crippen molar-refractivity contribution in [1.82, 2.24) is 4.98 Å². The van der Waals surface area contributed by atoms with Crippen LogP contribution in [0.3, 0.4) is 0 Å². The van der Waals surface area contributed by atoms with Gasteiger partial charge < -0.3 is 9.84 Å². The highest BCUT2D eigenvalue weighted by molar-refractivity contribution is 5.84. The Morgan fingerprint density at radius 1 is 1.67 bits per heavy atom. The Hall–Kier alpha value is -2.28. The fourth-order valence-electron chi connectivity index (χ4n) is 0.857. The van der Waals surface area contributed by atoms with Crippen molar-refractivity contribution in [2.24, 2.45) is 0 Å². The third-order valence-corrected chi connectivity index (χ3v) is 1.48. The minimum Gasteiger partial charge on any atom is -0.479 e. The lowest BCUT2D eigenvalue weighted by molar-refractivity contribution is -0.131. The molecule has 0 saturated carbocycles. The van der Waals surface area contributed by atoms with Gasteiger partial charge in [-0.05, 0) is 18.2 Å². The summed E-state index contributed by atoms with van der Waals surface area (Å²) in [5.74, 6) is 1.88. The van der Waals surface area contributed by atoms with Crippen LogP contribution in [0.4, 0.5) is 0 Å². The van der Waals surface area contributed by atoms with E-state index in [4.69, 9.17) is 16.3 Å². The van der Waals surface area contributed by atoms with Crippen molar-refractivity contribution in [2.75, 3.05) is 6.61 Å². The van der Waals surface area contributed by atoms with Crippen LogP contribution in [0.15, 0.2) is 24.4 Å². The van der Waals surface area contributed by atoms with Crippen LogP contribution in [-0.2, 0) is 4.79 Å². The molecule has 0 amide bonds. The van der Waals surface area contributed by atoms with Crippen LogP contribution in [0.1, 0.15) is 5.69 Å². The average Bonchev–Trinajstić information content (AvgIpc) is 2.25. The van der Waals surface area contributed by atoms with Gasteiger partial charge in [-0.2, -0.15) is 0 Å². The fraction of sp³-hybridized carbons (Fsp3) is 0.0909. The topological polar surface area (TPSA) is 59.4 Å². The summed E-state index contributed by atoms with van der Waals surface area (Å²) in [5, 5.41) is 8.38. The molecule has 0 aromatic carbocycles. The van der Waals surface area contributed by atoms with E-state index in [0.29, 0.717) is 11.4 Å². The number of carbonyl (C=O) groups is 1. The number of rotatable bonds is 4. The lowest BCUT2D eigenvalue weighted by Crippen LogP contribution is -1.94. The molecule has 4 heteroatoms. The molecule has 0 saturated heterocycles. The molecule has 0 unspecified atom stereocenters. The smallest absolute Gasteiger partial charge is 0.328 e. The summed E-state index contributed by atoms with van der Waals surface area (Å²) in [6.07, 6.45) is 8.91. The SMILES string of the molecule is C#CCOc1ccc(C=CC(=O)O)nc1. The number of nitrogens with zero attached hydrogens (tertiary/aromatic N) is 1. The van der Waals surface area contributed by atoms with Crippen molar-refractivity contribution in [1.29, 1.82) is 0 Å². The van der Waals surface area contributed by atoms with Gasteiger partial charge in [-0.15, -0.1) is 6.42 Å². The van der Waals surface area contributed by atoms with Gasteiger partial charge in [-0.3, -0.25) is 4.98 Å². The molecule has 0 spiro atoms. The first-order valence-corrected chi connectivity index (χ1v) is 4.15. The number of hydrogen-bond donors (Lipinski definition) is 1. The van der Waals surface area contributed by atoms with Gasteiger partial charge >= 0.3 is 5.97 Å². The molecule has 0 aliphatic carbocycles. The molecule has 4 nitrogen and oxygen atoms in total. The summed E-state index contributed by atoms with van der Waals surface area (Å²) < 4.78 is 5.10. The van der Waals surface area contributed by atoms with Gasteiger partial charge in [0.05, 0.1) is 11.9 Å². The predicted octanol–water partition coefficient (Wildman–Crippen LogP) is 1.19. The second kappa shape index (κ2) is 5.45. The third-order valence-electron chi connectivity index (χ3n) is 1.48. The molecule has 0 atom stereocenters. The van der Waals surface area contributed by atoms with Crippen molar-refractivity contribution in [3.63, 3.8) is 0 Å². The molecule has 0 aliphatic rings. The molecule has 1 rings (SSSR count). The van der Waals surface area contributed by atoms with E-state index in [1.54, 1.807) is 12.1 Å². The van der Waals surface area contributed by atoms with Crippen LogP contribution >= 0.6 is 0 Å². The van der Waals surface area contributed by atoms with Crippen molar-refractivity contribution in [3.05, 3.63) is 30.1 Å². The molecule has 1 aromatic heterocycles. The van der Waals surface area contributed by atoms with Crippen LogP contribution in [0, 0.1) is 12.3 Å². The van der Waals surface area contributed by atoms with Crippen LogP contribution in [0.25, 0.3) is 6.08 Å². The normalized spacial score (nSPS) is 9.80. The zero-order valence-electron chi connectivity index (χ0n) is 7.88. The number of ether oxygens (including phenoxy) is 1. The Labute approximate surface area is 87.2 Å². The molecule has 0 radical (unpaired) electrons. The molecule has 1 N–H and O–H groups in total. The number of aromatic nitrogens is 1. The molecule has 15 heavy (non-hydrogen) atoms. The second-order valence-corrected chi connectivity index (χ2v) is 2.58. The molecular formula is C11H9NO3. The van der Waals surface area contributed by atoms with Gasteiger partial charge in [0.25, 0.3) is 0 Å². The van der Waals surface area contributed by atoms with Crippen LogP contribution < -0.4 is 4.74 Å². The highest BCUT2D eigenvalue weighted by atomic mass is 16.5. The highest BCUT2D eigenvalue weighted by Crippen LogP contribution is 2.09. The molecule has 0 bridgehead atoms. The maximum Gasteiger partial charge on any atom is 0.328 e. The molecule has 1 heterocycles. The van der Waals surface area contributed by atoms with E-state index in [0.717, 1.165) is 6.08 Å². The standard InChI is InChI=1S/C11H9NO3/c1-2-7-15-10-5-3-9(12-8-10)4-6-11(13)14/h1,3-6,8H,7H2,(H,13,14). The quantitative estimate of drug-likeness (QED) is 0.590. The maximum atomic E-state index is 10.2. The van der Waals surface area contributed by atoms with Gasteiger partial charge in [-0.25, -0.2) is 4.79 Å². The summed E-state index contributed by atoms with van der Waals surface area (Å²) in [6.45, 7) is 0.186. The lowest BCUT2D eigenvalue weighted by atomic mass is 10.3. The lowest BCUT2D eigenvalue weighted by Gasteiger charge is -2.00. The number of hydrogen-bond acceptors (Lipinski definition) is 3. The van der Waals surface area contributed by atoms with Gasteiger partial charge in [0, 0.05) is 6.08 Å². The Morgan fingerprint density at radius 2 is 2.47 bits per heavy atom. The van der Waals surface area contributed by atoms with Crippen LogP contribution in [0.5, 0.6) is 5.75 Å². The van der Waals surface area contributed by atoms with Gasteiger partial charge in [-0.1, -0.05) is 5.92 Å². The van der Waals surface area contributed by atoms with Crippen molar-refractivity contribution >= 4 is 12.0 Å². The monoisotopic (exact) mass is 203 g/mol. The molecule has 1 aromatic rings. The summed E-state index contributed by atoms with van der Waals surface area (Å²) in [7, 11) is 0. The van der Waals surface area contributed by atoms with Crippen molar-refractivity contribution in [3.8, 4) is 18.1 Å². The molecule has 76 valence electrons. The van der Waals surface area contributed by atoms with Crippen molar-refractivity contribution in [2.45, 2.75) is 0 Å². The van der Waals surface area contributed by atoms with E-state index in [9.17, 15) is 4.79 Å². The zero-order valence-corrected chi connectivity index (χ0v) is 7.88. The summed E-state index contributed by atoms with van der Waals surface area (Å²) in [4.78, 5) is 14.2. The van der Waals surface area contributed by atoms with Gasteiger partial charge in [0.15, 0.2) is 0 Å². The van der Waals surface area contributed by atoms with E-state index in [1.807, 2.05) is 0 Å². The van der Waals surface area contributed by atoms with E-state index < -0.39 is 5.97 Å². The summed E-state index contributed by atoms with van der Waals surface area (Å²) in [6, 6.07) is 3.32. The third kappa shape index (κ3) is 3.96. The zero-order chi connectivity index (χ0) is 11.1. The van der Waals surface area contributed by atoms with Crippen LogP contribution in [-0.4, -0.2) is 22.7 Å². The Bertz CT molecular complexity index is 401. The van der Waals surface area contributed by atoms with Gasteiger partial charge in [0.1, 0.15) is 12.4 Å². The summed E-state index contributed by atoms with van der Waals surface area (Å²) in [5.41, 5.74) is 0.547. The molecular weight excluding hydrogens is 194 g/mol. The van der Waals surface area contributed by atoms with E-state index >= 15 is 0 Å². The number of carboxylic acids is 1. The first-order valence-electron chi connectivity index (χ1n) is 4.15. The van der Waals surface area contributed by atoms with E-state index in [1.165, 1.54) is 12.3 Å². The highest BCUT2D eigenvalue weighted by Gasteiger charge is 1.94. The first kappa shape index (κ1) is 10.8. The van der Waals surface area contributed by atoms with E-state index in [2.05, 4.69) is 10.9 Å². The second-order valence-electron chi connectivity index (χ2n) is 2.58. The number of pyridine rings is 1. The number of aliphatic carboxylic acids is 1. The van der Waals surface area contributed by atoms with Gasteiger partial charge in [0.2, 0.25) is 0 Å². The minimum absolute atomic E-state index is 0.186. The largest absolute Gasteiger partial charge is 0.479 e. The minimum atomic E-state index is -1.01. The fourth-order valence-corrected chi connectivity index (χ4v) is 0.857. The number of carboxylic acid groups (broad SMARTS) is 1. The first-order chi connectivity index (χ1) is 7.22. The number of terminal acetylenes is 1. The Kier molecular flexibility index (Phi) is 3.92.